The van der Waals surface area contributed by atoms with Gasteiger partial charge in [0.05, 0.1) is 18.8 Å². The molecule has 6 nitrogen and oxygen atoms in total. The summed E-state index contributed by atoms with van der Waals surface area (Å²) in [5.74, 6) is -0.118. The predicted octanol–water partition coefficient (Wildman–Crippen LogP) is -0.868. The van der Waals surface area contributed by atoms with Crippen LogP contribution in [0.3, 0.4) is 0 Å². The minimum Gasteiger partial charge on any atom is -0.353 e. The second-order valence-corrected chi connectivity index (χ2v) is 2.97. The monoisotopic (exact) mass is 197 g/mol. The molecule has 0 radical (unpaired) electrons. The third-order valence-corrected chi connectivity index (χ3v) is 1.89. The lowest BCUT2D eigenvalue weighted by Crippen LogP contribution is -2.41. The molecule has 78 valence electrons. The number of carbonyl (C=O) groups excluding carboxylic acids is 1. The van der Waals surface area contributed by atoms with Crippen LogP contribution in [0.4, 0.5) is 0 Å². The molecule has 1 atom stereocenters. The van der Waals surface area contributed by atoms with Crippen LogP contribution >= 0.6 is 0 Å². The molecule has 0 aliphatic rings. The van der Waals surface area contributed by atoms with E-state index in [9.17, 15) is 4.79 Å². The summed E-state index contributed by atoms with van der Waals surface area (Å²) < 4.78 is 1.65. The first-order valence-electron chi connectivity index (χ1n) is 4.61. The first kappa shape index (κ1) is 10.6. The minimum absolute atomic E-state index is 0.118. The summed E-state index contributed by atoms with van der Waals surface area (Å²) in [5.41, 5.74) is 5.53. The van der Waals surface area contributed by atoms with Crippen molar-refractivity contribution < 1.29 is 4.79 Å². The average Bonchev–Trinajstić information content (AvgIpc) is 2.69. The Labute approximate surface area is 82.5 Å². The molecule has 1 aromatic heterocycles. The molecule has 0 aliphatic heterocycles. The topological polar surface area (TPSA) is 85.8 Å². The fourth-order valence-electron chi connectivity index (χ4n) is 0.962. The van der Waals surface area contributed by atoms with Gasteiger partial charge < -0.3 is 11.1 Å². The van der Waals surface area contributed by atoms with Crippen LogP contribution in [0.25, 0.3) is 0 Å². The van der Waals surface area contributed by atoms with Gasteiger partial charge in [0.2, 0.25) is 5.91 Å². The van der Waals surface area contributed by atoms with Crippen molar-refractivity contribution in [2.45, 2.75) is 25.9 Å². The van der Waals surface area contributed by atoms with Gasteiger partial charge in [0.1, 0.15) is 0 Å². The minimum atomic E-state index is -0.411. The smallest absolute Gasteiger partial charge is 0.236 e. The van der Waals surface area contributed by atoms with E-state index in [1.807, 2.05) is 6.92 Å². The van der Waals surface area contributed by atoms with Gasteiger partial charge in [-0.1, -0.05) is 12.1 Å². The molecule has 0 aromatic carbocycles. The number of hydrogen-bond donors (Lipinski definition) is 2. The summed E-state index contributed by atoms with van der Waals surface area (Å²) in [6.07, 6.45) is 3.99. The zero-order chi connectivity index (χ0) is 10.4. The second kappa shape index (κ2) is 5.33. The van der Waals surface area contributed by atoms with Gasteiger partial charge in [-0.15, -0.1) is 5.10 Å². The van der Waals surface area contributed by atoms with Gasteiger partial charge in [-0.3, -0.25) is 9.48 Å². The maximum absolute atomic E-state index is 11.2. The Morgan fingerprint density at radius 2 is 2.50 bits per heavy atom. The fraction of sp³-hybridized carbons (Fsp3) is 0.625. The molecule has 6 heteroatoms. The number of carbonyl (C=O) groups is 1. The number of amides is 1. The molecular weight excluding hydrogens is 182 g/mol. The lowest BCUT2D eigenvalue weighted by Gasteiger charge is -2.09. The second-order valence-electron chi connectivity index (χ2n) is 2.97. The summed E-state index contributed by atoms with van der Waals surface area (Å²) in [7, 11) is 0. The predicted molar refractivity (Wildman–Crippen MR) is 51.3 cm³/mol. The summed E-state index contributed by atoms with van der Waals surface area (Å²) in [6.45, 7) is 3.01. The molecule has 0 unspecified atom stereocenters. The molecule has 0 saturated carbocycles. The Morgan fingerprint density at radius 1 is 1.71 bits per heavy atom. The average molecular weight is 197 g/mol. The Bertz CT molecular complexity index is 271. The number of rotatable bonds is 5. The van der Waals surface area contributed by atoms with Crippen LogP contribution in [0, 0.1) is 0 Å². The first-order valence-corrected chi connectivity index (χ1v) is 4.61. The Kier molecular flexibility index (Phi) is 4.06. The quantitative estimate of drug-likeness (QED) is 0.642. The molecule has 0 spiro atoms. The highest BCUT2D eigenvalue weighted by molar-refractivity contribution is 5.81. The maximum atomic E-state index is 11.2. The highest BCUT2D eigenvalue weighted by atomic mass is 16.2. The highest BCUT2D eigenvalue weighted by Crippen LogP contribution is 1.85. The SMILES string of the molecule is CC[C@H](N)C(=O)NCCn1ccnn1. The summed E-state index contributed by atoms with van der Waals surface area (Å²) in [4.78, 5) is 11.2. The molecule has 1 aromatic rings. The number of aromatic nitrogens is 3. The largest absolute Gasteiger partial charge is 0.353 e. The third kappa shape index (κ3) is 3.14. The van der Waals surface area contributed by atoms with Crippen LogP contribution in [0.15, 0.2) is 12.4 Å². The van der Waals surface area contributed by atoms with Crippen molar-refractivity contribution in [2.75, 3.05) is 6.54 Å². The molecule has 0 saturated heterocycles. The molecular formula is C8H15N5O. The Hall–Kier alpha value is -1.43. The Morgan fingerprint density at radius 3 is 3.07 bits per heavy atom. The summed E-state index contributed by atoms with van der Waals surface area (Å²) in [5, 5.41) is 10.1. The lowest BCUT2D eigenvalue weighted by atomic mass is 10.2. The van der Waals surface area contributed by atoms with Crippen molar-refractivity contribution in [3.63, 3.8) is 0 Å². The summed E-state index contributed by atoms with van der Waals surface area (Å²) in [6, 6.07) is -0.411. The molecule has 1 heterocycles. The molecule has 3 N–H and O–H groups in total. The van der Waals surface area contributed by atoms with Crippen molar-refractivity contribution in [3.8, 4) is 0 Å². The van der Waals surface area contributed by atoms with Gasteiger partial charge in [-0.05, 0) is 6.42 Å². The van der Waals surface area contributed by atoms with Crippen LogP contribution in [0.2, 0.25) is 0 Å². The number of nitrogens with two attached hydrogens (primary N) is 1. The molecule has 0 aliphatic carbocycles. The van der Waals surface area contributed by atoms with Crippen molar-refractivity contribution in [1.82, 2.24) is 20.3 Å². The van der Waals surface area contributed by atoms with Crippen molar-refractivity contribution >= 4 is 5.91 Å². The number of hydrogen-bond acceptors (Lipinski definition) is 4. The fourth-order valence-corrected chi connectivity index (χ4v) is 0.962. The molecule has 0 bridgehead atoms. The van der Waals surface area contributed by atoms with Crippen molar-refractivity contribution in [2.24, 2.45) is 5.73 Å². The van der Waals surface area contributed by atoms with Crippen LogP contribution in [0.1, 0.15) is 13.3 Å². The van der Waals surface area contributed by atoms with E-state index in [1.165, 1.54) is 0 Å². The number of nitrogens with one attached hydrogen (secondary N) is 1. The van der Waals surface area contributed by atoms with Gasteiger partial charge in [-0.2, -0.15) is 0 Å². The van der Waals surface area contributed by atoms with Gasteiger partial charge in [0.25, 0.3) is 0 Å². The normalized spacial score (nSPS) is 12.4. The molecule has 0 fully saturated rings. The van der Waals surface area contributed by atoms with Crippen LogP contribution < -0.4 is 11.1 Å². The molecule has 1 amide bonds. The van der Waals surface area contributed by atoms with E-state index < -0.39 is 6.04 Å². The van der Waals surface area contributed by atoms with Crippen molar-refractivity contribution in [1.29, 1.82) is 0 Å². The molecule has 14 heavy (non-hydrogen) atoms. The molecule has 1 rings (SSSR count). The van der Waals surface area contributed by atoms with Gasteiger partial charge in [-0.25, -0.2) is 0 Å². The van der Waals surface area contributed by atoms with Crippen LogP contribution in [-0.2, 0) is 11.3 Å². The van der Waals surface area contributed by atoms with E-state index in [0.717, 1.165) is 0 Å². The lowest BCUT2D eigenvalue weighted by molar-refractivity contribution is -0.122. The highest BCUT2D eigenvalue weighted by Gasteiger charge is 2.09. The van der Waals surface area contributed by atoms with E-state index >= 15 is 0 Å². The maximum Gasteiger partial charge on any atom is 0.236 e. The zero-order valence-corrected chi connectivity index (χ0v) is 8.18. The standard InChI is InChI=1S/C8H15N5O/c1-2-7(9)8(14)10-3-5-13-6-4-11-12-13/h4,6-7H,2-3,5,9H2,1H3,(H,10,14)/t7-/m0/s1. The van der Waals surface area contributed by atoms with Gasteiger partial charge in [0, 0.05) is 12.7 Å². The van der Waals surface area contributed by atoms with E-state index in [-0.39, 0.29) is 5.91 Å². The Balaban J connectivity index is 2.18. The van der Waals surface area contributed by atoms with Crippen molar-refractivity contribution in [3.05, 3.63) is 12.4 Å². The van der Waals surface area contributed by atoms with Crippen LogP contribution in [0.5, 0.6) is 0 Å². The van der Waals surface area contributed by atoms with E-state index in [4.69, 9.17) is 5.73 Å². The van der Waals surface area contributed by atoms with Gasteiger partial charge in [0.15, 0.2) is 0 Å². The van der Waals surface area contributed by atoms with Gasteiger partial charge >= 0.3 is 0 Å². The zero-order valence-electron chi connectivity index (χ0n) is 8.18. The van der Waals surface area contributed by atoms with E-state index in [0.29, 0.717) is 19.5 Å². The summed E-state index contributed by atoms with van der Waals surface area (Å²) >= 11 is 0. The first-order chi connectivity index (χ1) is 6.74. The van der Waals surface area contributed by atoms with Crippen LogP contribution in [-0.4, -0.2) is 33.5 Å². The van der Waals surface area contributed by atoms with E-state index in [2.05, 4.69) is 15.6 Å². The van der Waals surface area contributed by atoms with E-state index in [1.54, 1.807) is 17.1 Å². The number of nitrogens with zero attached hydrogens (tertiary/aromatic N) is 3. The third-order valence-electron chi connectivity index (χ3n) is 1.89.